The van der Waals surface area contributed by atoms with Gasteiger partial charge in [-0.1, -0.05) is 13.0 Å². The molecular weight excluding hydrogens is 224 g/mol. The lowest BCUT2D eigenvalue weighted by molar-refractivity contribution is 0.199. The summed E-state index contributed by atoms with van der Waals surface area (Å²) >= 11 is 0. The topological polar surface area (TPSA) is 45.4 Å². The zero-order valence-electron chi connectivity index (χ0n) is 11.6. The summed E-state index contributed by atoms with van der Waals surface area (Å²) < 4.78 is 0. The molecular formula is C14H24N4. The lowest BCUT2D eigenvalue weighted by Gasteiger charge is -2.39. The zero-order valence-corrected chi connectivity index (χ0v) is 11.6. The van der Waals surface area contributed by atoms with Crippen molar-refractivity contribution in [3.05, 3.63) is 23.9 Å². The van der Waals surface area contributed by atoms with Crippen molar-refractivity contribution in [2.24, 2.45) is 5.73 Å². The molecule has 0 radical (unpaired) electrons. The van der Waals surface area contributed by atoms with E-state index in [1.807, 2.05) is 13.1 Å². The molecule has 2 heterocycles. The molecule has 4 heteroatoms. The molecule has 100 valence electrons. The lowest BCUT2D eigenvalue weighted by atomic mass is 10.1. The van der Waals surface area contributed by atoms with Gasteiger partial charge in [-0.25, -0.2) is 4.98 Å². The van der Waals surface area contributed by atoms with Crippen molar-refractivity contribution in [3.8, 4) is 0 Å². The summed E-state index contributed by atoms with van der Waals surface area (Å²) in [7, 11) is 0. The van der Waals surface area contributed by atoms with E-state index in [9.17, 15) is 0 Å². The van der Waals surface area contributed by atoms with E-state index in [-0.39, 0.29) is 6.04 Å². The molecule has 1 aliphatic heterocycles. The Morgan fingerprint density at radius 3 is 2.72 bits per heavy atom. The zero-order chi connectivity index (χ0) is 13.1. The lowest BCUT2D eigenvalue weighted by Crippen LogP contribution is -2.51. The average molecular weight is 248 g/mol. The summed E-state index contributed by atoms with van der Waals surface area (Å²) in [5, 5.41) is 0. The number of rotatable bonds is 3. The van der Waals surface area contributed by atoms with Gasteiger partial charge in [0, 0.05) is 37.9 Å². The second-order valence-corrected chi connectivity index (χ2v) is 5.16. The first-order chi connectivity index (χ1) is 8.61. The second-order valence-electron chi connectivity index (χ2n) is 5.16. The Kier molecular flexibility index (Phi) is 4.19. The van der Waals surface area contributed by atoms with E-state index < -0.39 is 0 Å². The van der Waals surface area contributed by atoms with Gasteiger partial charge in [-0.15, -0.1) is 0 Å². The summed E-state index contributed by atoms with van der Waals surface area (Å²) in [4.78, 5) is 9.41. The van der Waals surface area contributed by atoms with E-state index in [2.05, 4.69) is 40.8 Å². The highest BCUT2D eigenvalue weighted by Crippen LogP contribution is 2.18. The van der Waals surface area contributed by atoms with Gasteiger partial charge in [-0.05, 0) is 32.0 Å². The maximum Gasteiger partial charge on any atom is 0.128 e. The van der Waals surface area contributed by atoms with E-state index in [0.717, 1.165) is 37.6 Å². The minimum Gasteiger partial charge on any atom is -0.354 e. The molecule has 0 aliphatic carbocycles. The van der Waals surface area contributed by atoms with E-state index in [4.69, 9.17) is 5.73 Å². The van der Waals surface area contributed by atoms with Gasteiger partial charge in [0.05, 0.1) is 0 Å². The molecule has 0 bridgehead atoms. The van der Waals surface area contributed by atoms with E-state index in [1.54, 1.807) is 0 Å². The van der Waals surface area contributed by atoms with Crippen LogP contribution in [-0.2, 0) is 0 Å². The van der Waals surface area contributed by atoms with Crippen molar-refractivity contribution in [3.63, 3.8) is 0 Å². The molecule has 1 aromatic rings. The van der Waals surface area contributed by atoms with Gasteiger partial charge >= 0.3 is 0 Å². The molecule has 1 unspecified atom stereocenters. The molecule has 18 heavy (non-hydrogen) atoms. The Labute approximate surface area is 110 Å². The molecule has 0 saturated carbocycles. The second kappa shape index (κ2) is 5.67. The summed E-state index contributed by atoms with van der Waals surface area (Å²) in [5.41, 5.74) is 6.94. The summed E-state index contributed by atoms with van der Waals surface area (Å²) in [6.07, 6.45) is 1.90. The third-order valence-corrected chi connectivity index (χ3v) is 3.79. The Morgan fingerprint density at radius 2 is 2.22 bits per heavy atom. The third kappa shape index (κ3) is 2.82. The van der Waals surface area contributed by atoms with Crippen molar-refractivity contribution in [2.75, 3.05) is 31.1 Å². The van der Waals surface area contributed by atoms with Crippen LogP contribution in [0.5, 0.6) is 0 Å². The van der Waals surface area contributed by atoms with Gasteiger partial charge in [-0.3, -0.25) is 4.90 Å². The van der Waals surface area contributed by atoms with Crippen LogP contribution in [0.4, 0.5) is 5.82 Å². The smallest absolute Gasteiger partial charge is 0.128 e. The van der Waals surface area contributed by atoms with Crippen LogP contribution < -0.4 is 10.6 Å². The highest BCUT2D eigenvalue weighted by molar-refractivity contribution is 5.40. The number of nitrogens with zero attached hydrogens (tertiary/aromatic N) is 3. The number of nitrogens with two attached hydrogens (primary N) is 1. The number of piperazine rings is 1. The van der Waals surface area contributed by atoms with Gasteiger partial charge in [0.15, 0.2) is 0 Å². The van der Waals surface area contributed by atoms with Crippen LogP contribution in [0.3, 0.4) is 0 Å². The maximum absolute atomic E-state index is 5.84. The summed E-state index contributed by atoms with van der Waals surface area (Å²) in [5.74, 6) is 1.07. The summed E-state index contributed by atoms with van der Waals surface area (Å²) in [6.45, 7) is 10.9. The SMILES string of the molecule is CCN1CCN(c2ccc([C@H](C)N)cn2)CC1C. The first-order valence-corrected chi connectivity index (χ1v) is 6.82. The predicted octanol–water partition coefficient (Wildman–Crippen LogP) is 1.63. The van der Waals surface area contributed by atoms with Crippen molar-refractivity contribution in [1.29, 1.82) is 0 Å². The fourth-order valence-electron chi connectivity index (χ4n) is 2.53. The predicted molar refractivity (Wildman–Crippen MR) is 75.8 cm³/mol. The Bertz CT molecular complexity index is 374. The van der Waals surface area contributed by atoms with E-state index in [1.165, 1.54) is 0 Å². The number of likely N-dealkylation sites (N-methyl/N-ethyl adjacent to an activating group) is 1. The summed E-state index contributed by atoms with van der Waals surface area (Å²) in [6, 6.07) is 4.83. The largest absolute Gasteiger partial charge is 0.354 e. The van der Waals surface area contributed by atoms with Crippen molar-refractivity contribution in [2.45, 2.75) is 32.9 Å². The minimum absolute atomic E-state index is 0.0578. The standard InChI is InChI=1S/C14H24N4/c1-4-17-7-8-18(10-11(17)2)14-6-5-13(9-16-14)12(3)15/h5-6,9,11-12H,4,7-8,10,15H2,1-3H3/t11?,12-/m0/s1. The van der Waals surface area contributed by atoms with Crippen LogP contribution >= 0.6 is 0 Å². The first kappa shape index (κ1) is 13.3. The monoisotopic (exact) mass is 248 g/mol. The average Bonchev–Trinajstić information content (AvgIpc) is 2.38. The number of pyridine rings is 1. The Morgan fingerprint density at radius 1 is 1.44 bits per heavy atom. The van der Waals surface area contributed by atoms with Crippen LogP contribution in [0.25, 0.3) is 0 Å². The number of hydrogen-bond acceptors (Lipinski definition) is 4. The first-order valence-electron chi connectivity index (χ1n) is 6.82. The van der Waals surface area contributed by atoms with Crippen molar-refractivity contribution >= 4 is 5.82 Å². The van der Waals surface area contributed by atoms with Gasteiger partial charge in [0.1, 0.15) is 5.82 Å². The third-order valence-electron chi connectivity index (χ3n) is 3.79. The Balaban J connectivity index is 2.04. The highest BCUT2D eigenvalue weighted by Gasteiger charge is 2.22. The molecule has 2 N–H and O–H groups in total. The maximum atomic E-state index is 5.84. The molecule has 0 amide bonds. The van der Waals surface area contributed by atoms with E-state index >= 15 is 0 Å². The van der Waals surface area contributed by atoms with Crippen molar-refractivity contribution < 1.29 is 0 Å². The fraction of sp³-hybridized carbons (Fsp3) is 0.643. The fourth-order valence-corrected chi connectivity index (χ4v) is 2.53. The van der Waals surface area contributed by atoms with Crippen LogP contribution in [-0.4, -0.2) is 42.1 Å². The quantitative estimate of drug-likeness (QED) is 0.883. The van der Waals surface area contributed by atoms with Crippen LogP contribution in [0.1, 0.15) is 32.4 Å². The molecule has 0 spiro atoms. The van der Waals surface area contributed by atoms with Crippen LogP contribution in [0.2, 0.25) is 0 Å². The number of aromatic nitrogens is 1. The molecule has 1 saturated heterocycles. The normalized spacial score (nSPS) is 23.1. The van der Waals surface area contributed by atoms with Gasteiger partial charge in [0.25, 0.3) is 0 Å². The van der Waals surface area contributed by atoms with Crippen molar-refractivity contribution in [1.82, 2.24) is 9.88 Å². The molecule has 0 aromatic carbocycles. The molecule has 2 rings (SSSR count). The molecule has 1 fully saturated rings. The molecule has 2 atom stereocenters. The van der Waals surface area contributed by atoms with Gasteiger partial charge in [-0.2, -0.15) is 0 Å². The molecule has 1 aromatic heterocycles. The van der Waals surface area contributed by atoms with Crippen LogP contribution in [0.15, 0.2) is 18.3 Å². The van der Waals surface area contributed by atoms with Gasteiger partial charge < -0.3 is 10.6 Å². The molecule has 4 nitrogen and oxygen atoms in total. The van der Waals surface area contributed by atoms with E-state index in [0.29, 0.717) is 6.04 Å². The Hall–Kier alpha value is -1.13. The number of anilines is 1. The number of hydrogen-bond donors (Lipinski definition) is 1. The highest BCUT2D eigenvalue weighted by atomic mass is 15.3. The van der Waals surface area contributed by atoms with Gasteiger partial charge in [0.2, 0.25) is 0 Å². The minimum atomic E-state index is 0.0578. The molecule has 1 aliphatic rings. The van der Waals surface area contributed by atoms with Crippen LogP contribution in [0, 0.1) is 0 Å².